The zero-order valence-corrected chi connectivity index (χ0v) is 18.4. The number of nitrogens with one attached hydrogen (secondary N) is 2. The topological polar surface area (TPSA) is 56.7 Å². The molecular weight excluding hydrogens is 460 g/mol. The van der Waals surface area contributed by atoms with Crippen LogP contribution in [-0.4, -0.2) is 55.7 Å². The van der Waals surface area contributed by atoms with Gasteiger partial charge in [0, 0.05) is 19.6 Å². The third kappa shape index (κ3) is 9.82. The molecule has 1 rings (SSSR count). The van der Waals surface area contributed by atoms with E-state index in [4.69, 9.17) is 0 Å². The molecule has 0 unspecified atom stereocenters. The van der Waals surface area contributed by atoms with Gasteiger partial charge in [-0.15, -0.1) is 24.0 Å². The van der Waals surface area contributed by atoms with Gasteiger partial charge in [0.1, 0.15) is 13.1 Å². The van der Waals surface area contributed by atoms with Gasteiger partial charge in [-0.3, -0.25) is 4.79 Å². The summed E-state index contributed by atoms with van der Waals surface area (Å²) in [5.41, 5.74) is 0. The Balaban J connectivity index is 0.00000625. The number of hydrogen-bond donors (Lipinski definition) is 2. The van der Waals surface area contributed by atoms with E-state index in [-0.39, 0.29) is 36.6 Å². The number of amides is 1. The Labute approximate surface area is 171 Å². The van der Waals surface area contributed by atoms with E-state index >= 15 is 0 Å². The second-order valence-corrected chi connectivity index (χ2v) is 7.06. The fourth-order valence-electron chi connectivity index (χ4n) is 3.07. The van der Waals surface area contributed by atoms with E-state index < -0.39 is 18.6 Å². The van der Waals surface area contributed by atoms with Crippen LogP contribution in [0.25, 0.3) is 0 Å². The lowest BCUT2D eigenvalue weighted by Gasteiger charge is -2.32. The summed E-state index contributed by atoms with van der Waals surface area (Å²) < 4.78 is 37.0. The molecule has 0 bridgehead atoms. The van der Waals surface area contributed by atoms with Crippen molar-refractivity contribution < 1.29 is 18.0 Å². The first kappa shape index (κ1) is 25.3. The molecule has 0 atom stereocenters. The number of guanidine groups is 1. The minimum absolute atomic E-state index is 0. The number of carbonyl (C=O) groups is 1. The average Bonchev–Trinajstić information content (AvgIpc) is 2.51. The third-order valence-corrected chi connectivity index (χ3v) is 4.61. The number of hydrogen-bond acceptors (Lipinski definition) is 2. The molecule has 5 nitrogen and oxygen atoms in total. The first-order valence-electron chi connectivity index (χ1n) is 8.98. The SMILES string of the molecule is CCNC(=NCC(=O)N(C)CC(F)(F)F)NC1CCC(C(C)C)CC1.I. The van der Waals surface area contributed by atoms with Crippen LogP contribution in [-0.2, 0) is 4.79 Å². The van der Waals surface area contributed by atoms with Gasteiger partial charge in [-0.25, -0.2) is 4.99 Å². The van der Waals surface area contributed by atoms with E-state index in [9.17, 15) is 18.0 Å². The summed E-state index contributed by atoms with van der Waals surface area (Å²) in [6.45, 7) is 5.46. The number of alkyl halides is 3. The van der Waals surface area contributed by atoms with Crippen LogP contribution in [0.5, 0.6) is 0 Å². The van der Waals surface area contributed by atoms with Gasteiger partial charge < -0.3 is 15.5 Å². The highest BCUT2D eigenvalue weighted by Gasteiger charge is 2.31. The van der Waals surface area contributed by atoms with E-state index in [1.54, 1.807) is 0 Å². The van der Waals surface area contributed by atoms with Crippen LogP contribution in [0.3, 0.4) is 0 Å². The van der Waals surface area contributed by atoms with Crippen molar-refractivity contribution in [1.29, 1.82) is 0 Å². The summed E-state index contributed by atoms with van der Waals surface area (Å²) in [4.78, 5) is 16.6. The smallest absolute Gasteiger partial charge is 0.357 e. The number of rotatable bonds is 6. The van der Waals surface area contributed by atoms with E-state index in [1.807, 2.05) is 6.92 Å². The second-order valence-electron chi connectivity index (χ2n) is 7.06. The molecule has 1 saturated carbocycles. The maximum Gasteiger partial charge on any atom is 0.406 e. The van der Waals surface area contributed by atoms with Crippen LogP contribution in [0, 0.1) is 11.8 Å². The molecule has 0 aromatic carbocycles. The van der Waals surface area contributed by atoms with Gasteiger partial charge in [-0.05, 0) is 44.4 Å². The molecule has 1 fully saturated rings. The van der Waals surface area contributed by atoms with Crippen LogP contribution in [0.4, 0.5) is 13.2 Å². The lowest BCUT2D eigenvalue weighted by Crippen LogP contribution is -2.46. The molecule has 0 aliphatic heterocycles. The highest BCUT2D eigenvalue weighted by atomic mass is 127. The van der Waals surface area contributed by atoms with Crippen LogP contribution in [0.2, 0.25) is 0 Å². The van der Waals surface area contributed by atoms with Crippen molar-refractivity contribution in [2.24, 2.45) is 16.8 Å². The quantitative estimate of drug-likeness (QED) is 0.340. The molecule has 2 N–H and O–H groups in total. The molecule has 0 heterocycles. The second kappa shape index (κ2) is 11.9. The first-order chi connectivity index (χ1) is 11.6. The Kier molecular flexibility index (Phi) is 11.5. The standard InChI is InChI=1S/C17H31F3N4O.HI/c1-5-21-16(22-10-15(25)24(4)11-17(18,19)20)23-14-8-6-13(7-9-14)12(2)3;/h12-14H,5-11H2,1-4H3,(H2,21,22,23);1H. The minimum atomic E-state index is -4.40. The molecular formula is C17H32F3IN4O. The molecule has 154 valence electrons. The lowest BCUT2D eigenvalue weighted by molar-refractivity contribution is -0.157. The van der Waals surface area contributed by atoms with Crippen molar-refractivity contribution in [2.45, 2.75) is 58.7 Å². The monoisotopic (exact) mass is 492 g/mol. The van der Waals surface area contributed by atoms with Crippen LogP contribution in [0.15, 0.2) is 4.99 Å². The molecule has 26 heavy (non-hydrogen) atoms. The molecule has 0 saturated heterocycles. The Morgan fingerprint density at radius 1 is 1.23 bits per heavy atom. The van der Waals surface area contributed by atoms with Crippen molar-refractivity contribution in [1.82, 2.24) is 15.5 Å². The van der Waals surface area contributed by atoms with E-state index in [1.165, 1.54) is 0 Å². The number of likely N-dealkylation sites (N-methyl/N-ethyl adjacent to an activating group) is 1. The zero-order valence-electron chi connectivity index (χ0n) is 16.0. The Morgan fingerprint density at radius 2 is 1.81 bits per heavy atom. The minimum Gasteiger partial charge on any atom is -0.357 e. The van der Waals surface area contributed by atoms with Crippen LogP contribution < -0.4 is 10.6 Å². The average molecular weight is 492 g/mol. The number of aliphatic imine (C=N–C) groups is 1. The number of carbonyl (C=O) groups excluding carboxylic acids is 1. The maximum atomic E-state index is 12.3. The van der Waals surface area contributed by atoms with Crippen molar-refractivity contribution in [3.8, 4) is 0 Å². The fourth-order valence-corrected chi connectivity index (χ4v) is 3.07. The molecule has 9 heteroatoms. The predicted octanol–water partition coefficient (Wildman–Crippen LogP) is 3.40. The molecule has 0 spiro atoms. The predicted molar refractivity (Wildman–Crippen MR) is 109 cm³/mol. The summed E-state index contributed by atoms with van der Waals surface area (Å²) in [6, 6.07) is 0.288. The van der Waals surface area contributed by atoms with Gasteiger partial charge >= 0.3 is 6.18 Å². The molecule has 1 aliphatic carbocycles. The zero-order chi connectivity index (χ0) is 19.0. The Morgan fingerprint density at radius 3 is 2.27 bits per heavy atom. The lowest BCUT2D eigenvalue weighted by atomic mass is 9.80. The number of nitrogens with zero attached hydrogens (tertiary/aromatic N) is 2. The van der Waals surface area contributed by atoms with Crippen LogP contribution >= 0.6 is 24.0 Å². The fraction of sp³-hybridized carbons (Fsp3) is 0.882. The van der Waals surface area contributed by atoms with E-state index in [0.717, 1.165) is 38.6 Å². The molecule has 1 amide bonds. The molecule has 0 aromatic rings. The van der Waals surface area contributed by atoms with Crippen molar-refractivity contribution in [2.75, 3.05) is 26.7 Å². The van der Waals surface area contributed by atoms with Crippen molar-refractivity contribution in [3.63, 3.8) is 0 Å². The van der Waals surface area contributed by atoms with Crippen molar-refractivity contribution in [3.05, 3.63) is 0 Å². The van der Waals surface area contributed by atoms with Crippen LogP contribution in [0.1, 0.15) is 46.5 Å². The normalized spacial score (nSPS) is 21.2. The van der Waals surface area contributed by atoms with Gasteiger partial charge in [0.2, 0.25) is 5.91 Å². The summed E-state index contributed by atoms with van der Waals surface area (Å²) in [5.74, 6) is 1.27. The summed E-state index contributed by atoms with van der Waals surface area (Å²) in [7, 11) is 1.14. The third-order valence-electron chi connectivity index (χ3n) is 4.61. The summed E-state index contributed by atoms with van der Waals surface area (Å²) >= 11 is 0. The Bertz CT molecular complexity index is 450. The maximum absolute atomic E-state index is 12.3. The van der Waals surface area contributed by atoms with Gasteiger partial charge in [-0.2, -0.15) is 13.2 Å². The van der Waals surface area contributed by atoms with Gasteiger partial charge in [0.25, 0.3) is 0 Å². The largest absolute Gasteiger partial charge is 0.406 e. The van der Waals surface area contributed by atoms with Gasteiger partial charge in [0.15, 0.2) is 5.96 Å². The number of halogens is 4. The van der Waals surface area contributed by atoms with E-state index in [0.29, 0.717) is 23.3 Å². The summed E-state index contributed by atoms with van der Waals surface area (Å²) in [5, 5.41) is 6.36. The molecule has 0 radical (unpaired) electrons. The highest BCUT2D eigenvalue weighted by Crippen LogP contribution is 2.29. The Hall–Kier alpha value is -0.740. The van der Waals surface area contributed by atoms with Gasteiger partial charge in [0.05, 0.1) is 0 Å². The van der Waals surface area contributed by atoms with E-state index in [2.05, 4.69) is 29.5 Å². The highest BCUT2D eigenvalue weighted by molar-refractivity contribution is 14.0. The first-order valence-corrected chi connectivity index (χ1v) is 8.98. The van der Waals surface area contributed by atoms with Gasteiger partial charge in [-0.1, -0.05) is 13.8 Å². The molecule has 1 aliphatic rings. The van der Waals surface area contributed by atoms with Crippen molar-refractivity contribution >= 4 is 35.8 Å². The summed E-state index contributed by atoms with van der Waals surface area (Å²) in [6.07, 6.45) is -0.0136. The molecule has 0 aromatic heterocycles.